The van der Waals surface area contributed by atoms with Crippen LogP contribution in [0.4, 0.5) is 0 Å². The number of carbonyl (C=O) groups excluding carboxylic acids is 1. The van der Waals surface area contributed by atoms with Crippen LogP contribution in [0.5, 0.6) is 0 Å². The van der Waals surface area contributed by atoms with Crippen LogP contribution in [0.3, 0.4) is 0 Å². The molecule has 13 heavy (non-hydrogen) atoms. The van der Waals surface area contributed by atoms with Crippen LogP contribution in [-0.4, -0.2) is 41.0 Å². The Hall–Kier alpha value is 0.130. The fourth-order valence-electron chi connectivity index (χ4n) is 1.03. The Kier molecular flexibility index (Phi) is 4.98. The van der Waals surface area contributed by atoms with Crippen molar-refractivity contribution in [2.75, 3.05) is 23.8 Å². The number of thioether (sulfide) groups is 2. The number of amides is 1. The lowest BCUT2D eigenvalue weighted by Gasteiger charge is -2.22. The van der Waals surface area contributed by atoms with Gasteiger partial charge in [0, 0.05) is 29.8 Å². The Morgan fingerprint density at radius 3 is 3.00 bits per heavy atom. The van der Waals surface area contributed by atoms with Gasteiger partial charge in [0.25, 0.3) is 0 Å². The Morgan fingerprint density at radius 1 is 1.69 bits per heavy atom. The molecule has 5 heteroatoms. The van der Waals surface area contributed by atoms with Gasteiger partial charge in [0.15, 0.2) is 0 Å². The van der Waals surface area contributed by atoms with Gasteiger partial charge in [0.2, 0.25) is 5.91 Å². The minimum atomic E-state index is 0.0972. The van der Waals surface area contributed by atoms with Crippen molar-refractivity contribution in [2.45, 2.75) is 18.2 Å². The molecule has 1 saturated heterocycles. The minimum Gasteiger partial charge on any atom is -0.351 e. The molecule has 2 atom stereocenters. The Labute approximate surface area is 87.6 Å². The predicted molar refractivity (Wildman–Crippen MR) is 60.2 cm³/mol. The molecular formula is C8H16N2OS2. The molecule has 76 valence electrons. The monoisotopic (exact) mass is 220 g/mol. The van der Waals surface area contributed by atoms with Crippen molar-refractivity contribution in [1.29, 1.82) is 0 Å². The van der Waals surface area contributed by atoms with Crippen molar-refractivity contribution in [1.82, 2.24) is 5.32 Å². The van der Waals surface area contributed by atoms with Crippen LogP contribution in [-0.2, 0) is 4.79 Å². The van der Waals surface area contributed by atoms with E-state index in [-0.39, 0.29) is 17.2 Å². The first-order valence-electron chi connectivity index (χ1n) is 4.44. The van der Waals surface area contributed by atoms with Gasteiger partial charge >= 0.3 is 0 Å². The Balaban J connectivity index is 2.29. The van der Waals surface area contributed by atoms with E-state index in [0.29, 0.717) is 6.54 Å². The smallest absolute Gasteiger partial charge is 0.234 e. The van der Waals surface area contributed by atoms with Gasteiger partial charge < -0.3 is 11.1 Å². The van der Waals surface area contributed by atoms with Crippen molar-refractivity contribution in [3.63, 3.8) is 0 Å². The largest absolute Gasteiger partial charge is 0.351 e. The fraction of sp³-hybridized carbons (Fsp3) is 0.875. The number of nitrogens with two attached hydrogens (primary N) is 1. The van der Waals surface area contributed by atoms with Crippen LogP contribution in [0, 0.1) is 0 Å². The summed E-state index contributed by atoms with van der Waals surface area (Å²) in [7, 11) is 0. The molecular weight excluding hydrogens is 204 g/mol. The second kappa shape index (κ2) is 5.78. The summed E-state index contributed by atoms with van der Waals surface area (Å²) in [5.74, 6) is 3.34. The molecule has 0 aromatic rings. The molecule has 1 amide bonds. The average molecular weight is 220 g/mol. The van der Waals surface area contributed by atoms with Gasteiger partial charge in [-0.3, -0.25) is 4.79 Å². The predicted octanol–water partition coefficient (Wildman–Crippen LogP) is 0.298. The average Bonchev–Trinajstić information content (AvgIpc) is 2.19. The van der Waals surface area contributed by atoms with E-state index in [2.05, 4.69) is 5.32 Å². The molecule has 0 spiro atoms. The van der Waals surface area contributed by atoms with E-state index >= 15 is 0 Å². The van der Waals surface area contributed by atoms with Crippen LogP contribution in [0.2, 0.25) is 0 Å². The van der Waals surface area contributed by atoms with Gasteiger partial charge in [-0.2, -0.15) is 11.8 Å². The van der Waals surface area contributed by atoms with Crippen LogP contribution >= 0.6 is 23.5 Å². The zero-order valence-corrected chi connectivity index (χ0v) is 9.42. The van der Waals surface area contributed by atoms with Crippen LogP contribution < -0.4 is 11.1 Å². The summed E-state index contributed by atoms with van der Waals surface area (Å²) >= 11 is 3.60. The van der Waals surface area contributed by atoms with Crippen LogP contribution in [0.25, 0.3) is 0 Å². The van der Waals surface area contributed by atoms with Gasteiger partial charge in [0.05, 0.1) is 5.25 Å². The summed E-state index contributed by atoms with van der Waals surface area (Å²) in [4.78, 5) is 11.6. The zero-order chi connectivity index (χ0) is 9.68. The van der Waals surface area contributed by atoms with Crippen molar-refractivity contribution in [3.8, 4) is 0 Å². The van der Waals surface area contributed by atoms with Crippen molar-refractivity contribution in [3.05, 3.63) is 0 Å². The molecule has 1 rings (SSSR count). The summed E-state index contributed by atoms with van der Waals surface area (Å²) in [6.07, 6.45) is 0. The maximum Gasteiger partial charge on any atom is 0.234 e. The van der Waals surface area contributed by atoms with Gasteiger partial charge in [0.1, 0.15) is 0 Å². The highest BCUT2D eigenvalue weighted by molar-refractivity contribution is 8.07. The van der Waals surface area contributed by atoms with E-state index in [1.54, 1.807) is 11.8 Å². The molecule has 1 fully saturated rings. The van der Waals surface area contributed by atoms with Crippen LogP contribution in [0.1, 0.15) is 6.92 Å². The zero-order valence-electron chi connectivity index (χ0n) is 7.79. The highest BCUT2D eigenvalue weighted by Crippen LogP contribution is 2.23. The first kappa shape index (κ1) is 11.2. The fourth-order valence-corrected chi connectivity index (χ4v) is 3.60. The molecule has 1 heterocycles. The number of nitrogens with one attached hydrogen (secondary N) is 1. The van der Waals surface area contributed by atoms with Gasteiger partial charge in [-0.25, -0.2) is 0 Å². The first-order valence-corrected chi connectivity index (χ1v) is 6.64. The molecule has 1 unspecified atom stereocenters. The maximum atomic E-state index is 11.6. The molecule has 1 aliphatic rings. The molecule has 0 radical (unpaired) electrons. The lowest BCUT2D eigenvalue weighted by Crippen LogP contribution is -2.43. The summed E-state index contributed by atoms with van der Waals surface area (Å²) in [6, 6.07) is 0.0972. The van der Waals surface area contributed by atoms with E-state index < -0.39 is 0 Å². The number of hydrogen-bond donors (Lipinski definition) is 2. The molecule has 0 aromatic carbocycles. The van der Waals surface area contributed by atoms with Gasteiger partial charge in [-0.05, 0) is 6.92 Å². The third-order valence-corrected chi connectivity index (χ3v) is 4.60. The SMILES string of the molecule is C[C@@H](CN)NC(=O)C1CSCCS1. The molecule has 0 aliphatic carbocycles. The van der Waals surface area contributed by atoms with Crippen molar-refractivity contribution in [2.24, 2.45) is 5.73 Å². The van der Waals surface area contributed by atoms with E-state index in [9.17, 15) is 4.79 Å². The molecule has 3 N–H and O–H groups in total. The van der Waals surface area contributed by atoms with Gasteiger partial charge in [-0.1, -0.05) is 0 Å². The van der Waals surface area contributed by atoms with E-state index in [0.717, 1.165) is 11.5 Å². The number of carbonyl (C=O) groups is 1. The van der Waals surface area contributed by atoms with E-state index in [4.69, 9.17) is 5.73 Å². The van der Waals surface area contributed by atoms with E-state index in [1.165, 1.54) is 5.75 Å². The highest BCUT2D eigenvalue weighted by Gasteiger charge is 2.22. The Bertz CT molecular complexity index is 172. The lowest BCUT2D eigenvalue weighted by atomic mass is 10.3. The Morgan fingerprint density at radius 2 is 2.46 bits per heavy atom. The topological polar surface area (TPSA) is 55.1 Å². The summed E-state index contributed by atoms with van der Waals surface area (Å²) in [5.41, 5.74) is 5.42. The quantitative estimate of drug-likeness (QED) is 0.718. The highest BCUT2D eigenvalue weighted by atomic mass is 32.2. The first-order chi connectivity index (χ1) is 6.24. The standard InChI is InChI=1S/C8H16N2OS2/c1-6(4-9)10-8(11)7-5-12-2-3-13-7/h6-7H,2-5,9H2,1H3,(H,10,11)/t6-,7?/m0/s1. The molecule has 0 saturated carbocycles. The van der Waals surface area contributed by atoms with E-state index in [1.807, 2.05) is 18.7 Å². The second-order valence-electron chi connectivity index (χ2n) is 3.08. The van der Waals surface area contributed by atoms with Gasteiger partial charge in [-0.15, -0.1) is 11.8 Å². The lowest BCUT2D eigenvalue weighted by molar-refractivity contribution is -0.120. The number of rotatable bonds is 3. The molecule has 1 aliphatic heterocycles. The third kappa shape index (κ3) is 3.79. The third-order valence-electron chi connectivity index (χ3n) is 1.85. The molecule has 0 bridgehead atoms. The summed E-state index contributed by atoms with van der Waals surface area (Å²) in [6.45, 7) is 2.44. The second-order valence-corrected chi connectivity index (χ2v) is 5.54. The minimum absolute atomic E-state index is 0.0972. The summed E-state index contributed by atoms with van der Waals surface area (Å²) in [5, 5.41) is 3.03. The maximum absolute atomic E-state index is 11.6. The molecule has 0 aromatic heterocycles. The summed E-state index contributed by atoms with van der Waals surface area (Å²) < 4.78 is 0. The van der Waals surface area contributed by atoms with Crippen molar-refractivity contribution >= 4 is 29.4 Å². The number of hydrogen-bond acceptors (Lipinski definition) is 4. The van der Waals surface area contributed by atoms with Crippen LogP contribution in [0.15, 0.2) is 0 Å². The molecule has 3 nitrogen and oxygen atoms in total. The van der Waals surface area contributed by atoms with Crippen molar-refractivity contribution < 1.29 is 4.79 Å². The normalized spacial score (nSPS) is 25.2.